The molecule has 62 valence electrons. The fourth-order valence-electron chi connectivity index (χ4n) is 1.52. The number of hydrogen-bond acceptors (Lipinski definition) is 4. The number of carbonyl (C=O) groups excluding carboxylic acids is 2. The number of carboxylic acids is 2. The van der Waals surface area contributed by atoms with Crippen LogP contribution in [0, 0.1) is 11.8 Å². The summed E-state index contributed by atoms with van der Waals surface area (Å²) in [5.74, 6) is -4.20. The van der Waals surface area contributed by atoms with Gasteiger partial charge in [0.15, 0.2) is 0 Å². The Balaban J connectivity index is 0. The van der Waals surface area contributed by atoms with Crippen molar-refractivity contribution in [2.75, 3.05) is 0 Å². The van der Waals surface area contributed by atoms with Crippen LogP contribution < -0.4 is 69.3 Å². The van der Waals surface area contributed by atoms with E-state index >= 15 is 0 Å². The average Bonchev–Trinajstić information content (AvgIpc) is 2.32. The van der Waals surface area contributed by atoms with E-state index < -0.39 is 23.8 Å². The van der Waals surface area contributed by atoms with Crippen LogP contribution in [0.3, 0.4) is 0 Å². The summed E-state index contributed by atoms with van der Waals surface area (Å²) in [6, 6.07) is 0. The quantitative estimate of drug-likeness (QED) is 0.416. The van der Waals surface area contributed by atoms with Gasteiger partial charge in [0.05, 0.1) is 0 Å². The van der Waals surface area contributed by atoms with Gasteiger partial charge in [-0.25, -0.2) is 0 Å². The third-order valence-corrected chi connectivity index (χ3v) is 2.12. The van der Waals surface area contributed by atoms with Crippen molar-refractivity contribution in [1.29, 1.82) is 0 Å². The summed E-state index contributed by atoms with van der Waals surface area (Å²) in [6.07, 6.45) is 1.44. The molecule has 1 aliphatic rings. The van der Waals surface area contributed by atoms with E-state index in [1.54, 1.807) is 0 Å². The van der Waals surface area contributed by atoms with Crippen LogP contribution in [-0.4, -0.2) is 11.9 Å². The van der Waals surface area contributed by atoms with E-state index in [0.29, 0.717) is 19.3 Å². The molecule has 0 N–H and O–H groups in total. The molecule has 0 radical (unpaired) electrons. The maximum atomic E-state index is 10.3. The van der Waals surface area contributed by atoms with Gasteiger partial charge < -0.3 is 19.8 Å². The third-order valence-electron chi connectivity index (χ3n) is 2.12. The monoisotopic (exact) mass is 202 g/mol. The van der Waals surface area contributed by atoms with Crippen molar-refractivity contribution in [3.63, 3.8) is 0 Å². The molecule has 1 fully saturated rings. The first-order chi connectivity index (χ1) is 5.13. The van der Waals surface area contributed by atoms with Crippen LogP contribution in [0.5, 0.6) is 0 Å². The maximum Gasteiger partial charge on any atom is 1.00 e. The number of rotatable bonds is 2. The Morgan fingerprint density at radius 2 is 1.23 bits per heavy atom. The van der Waals surface area contributed by atoms with Gasteiger partial charge in [0.1, 0.15) is 0 Å². The van der Waals surface area contributed by atoms with E-state index in [1.807, 2.05) is 0 Å². The fourth-order valence-corrected chi connectivity index (χ4v) is 1.52. The molecule has 2 unspecified atom stereocenters. The molecule has 0 aromatic heterocycles. The van der Waals surface area contributed by atoms with Gasteiger partial charge in [-0.05, 0) is 12.8 Å². The number of aliphatic carboxylic acids is 2. The second-order valence-corrected chi connectivity index (χ2v) is 2.78. The predicted octanol–water partition coefficient (Wildman–Crippen LogP) is -8.09. The van der Waals surface area contributed by atoms with Crippen molar-refractivity contribution in [2.45, 2.75) is 19.3 Å². The molecule has 1 saturated carbocycles. The number of carboxylic acid groups (broad SMARTS) is 2. The molecule has 0 aromatic carbocycles. The van der Waals surface area contributed by atoms with Crippen molar-refractivity contribution >= 4 is 11.9 Å². The Bertz CT molecular complexity index is 175. The molecule has 0 spiro atoms. The van der Waals surface area contributed by atoms with E-state index in [2.05, 4.69) is 0 Å². The Hall–Kier alpha value is 0.940. The van der Waals surface area contributed by atoms with Crippen molar-refractivity contribution in [3.8, 4) is 0 Å². The molecule has 2 atom stereocenters. The molecule has 0 saturated heterocycles. The second kappa shape index (κ2) is 7.26. The summed E-state index contributed by atoms with van der Waals surface area (Å²) in [6.45, 7) is 0. The van der Waals surface area contributed by atoms with Crippen LogP contribution in [0.4, 0.5) is 0 Å². The first kappa shape index (κ1) is 16.4. The van der Waals surface area contributed by atoms with Crippen molar-refractivity contribution in [3.05, 3.63) is 0 Å². The van der Waals surface area contributed by atoms with Gasteiger partial charge in [-0.1, -0.05) is 6.42 Å². The minimum absolute atomic E-state index is 0. The largest absolute Gasteiger partial charge is 1.00 e. The molecular weight excluding hydrogens is 194 g/mol. The average molecular weight is 202 g/mol. The van der Waals surface area contributed by atoms with Gasteiger partial charge in [-0.15, -0.1) is 0 Å². The predicted molar refractivity (Wildman–Crippen MR) is 30.8 cm³/mol. The molecule has 1 rings (SSSR count). The van der Waals surface area contributed by atoms with Crippen molar-refractivity contribution in [1.82, 2.24) is 0 Å². The fraction of sp³-hybridized carbons (Fsp3) is 0.714. The first-order valence-corrected chi connectivity index (χ1v) is 3.54. The van der Waals surface area contributed by atoms with Gasteiger partial charge in [0.25, 0.3) is 0 Å². The molecule has 0 aromatic rings. The Kier molecular flexibility index (Phi) is 9.14. The SMILES string of the molecule is O=C([O-])C1CCCC1C(=O)[O-].[Na+].[Na+]. The third kappa shape index (κ3) is 4.32. The zero-order chi connectivity index (χ0) is 8.43. The molecule has 1 aliphatic carbocycles. The minimum Gasteiger partial charge on any atom is -0.550 e. The summed E-state index contributed by atoms with van der Waals surface area (Å²) in [7, 11) is 0. The van der Waals surface area contributed by atoms with Gasteiger partial charge in [-0.3, -0.25) is 0 Å². The number of hydrogen-bond donors (Lipinski definition) is 0. The van der Waals surface area contributed by atoms with Crippen LogP contribution in [0.1, 0.15) is 19.3 Å². The molecule has 0 amide bonds. The normalized spacial score (nSPS) is 25.5. The smallest absolute Gasteiger partial charge is 0.550 e. The topological polar surface area (TPSA) is 80.3 Å². The Labute approximate surface area is 121 Å². The van der Waals surface area contributed by atoms with Crippen LogP contribution in [0.15, 0.2) is 0 Å². The summed E-state index contributed by atoms with van der Waals surface area (Å²) in [5, 5.41) is 20.6. The molecular formula is C7H8Na2O4. The number of carbonyl (C=O) groups is 2. The second-order valence-electron chi connectivity index (χ2n) is 2.78. The van der Waals surface area contributed by atoms with Gasteiger partial charge in [0, 0.05) is 23.8 Å². The summed E-state index contributed by atoms with van der Waals surface area (Å²) in [4.78, 5) is 20.6. The molecule has 0 bridgehead atoms. The van der Waals surface area contributed by atoms with E-state index in [9.17, 15) is 19.8 Å². The minimum atomic E-state index is -1.27. The Morgan fingerprint density at radius 1 is 0.923 bits per heavy atom. The molecule has 13 heavy (non-hydrogen) atoms. The van der Waals surface area contributed by atoms with E-state index in [4.69, 9.17) is 0 Å². The maximum absolute atomic E-state index is 10.3. The van der Waals surface area contributed by atoms with Gasteiger partial charge in [0.2, 0.25) is 0 Å². The van der Waals surface area contributed by atoms with Crippen LogP contribution >= 0.6 is 0 Å². The molecule has 0 aliphatic heterocycles. The van der Waals surface area contributed by atoms with E-state index in [0.717, 1.165) is 0 Å². The molecule has 4 nitrogen and oxygen atoms in total. The van der Waals surface area contributed by atoms with Gasteiger partial charge in [-0.2, -0.15) is 0 Å². The van der Waals surface area contributed by atoms with Crippen LogP contribution in [-0.2, 0) is 9.59 Å². The van der Waals surface area contributed by atoms with E-state index in [1.165, 1.54) is 0 Å². The van der Waals surface area contributed by atoms with Crippen LogP contribution in [0.2, 0.25) is 0 Å². The summed E-state index contributed by atoms with van der Waals surface area (Å²) >= 11 is 0. The van der Waals surface area contributed by atoms with Crippen LogP contribution in [0.25, 0.3) is 0 Å². The summed E-state index contributed by atoms with van der Waals surface area (Å²) < 4.78 is 0. The molecule has 0 heterocycles. The molecule has 6 heteroatoms. The Morgan fingerprint density at radius 3 is 1.46 bits per heavy atom. The zero-order valence-electron chi connectivity index (χ0n) is 7.91. The van der Waals surface area contributed by atoms with E-state index in [-0.39, 0.29) is 59.1 Å². The standard InChI is InChI=1S/C7H10O4.2Na/c8-6(9)4-2-1-3-5(4)7(10)11;;/h4-5H,1-3H2,(H,8,9)(H,10,11);;/q;2*+1/p-2. The summed E-state index contributed by atoms with van der Waals surface area (Å²) in [5.41, 5.74) is 0. The first-order valence-electron chi connectivity index (χ1n) is 3.54. The van der Waals surface area contributed by atoms with Gasteiger partial charge >= 0.3 is 59.1 Å². The zero-order valence-corrected chi connectivity index (χ0v) is 11.9. The van der Waals surface area contributed by atoms with Crippen molar-refractivity contribution < 1.29 is 78.9 Å². The van der Waals surface area contributed by atoms with Crippen molar-refractivity contribution in [2.24, 2.45) is 11.8 Å².